The molecule has 4 rings (SSSR count). The van der Waals surface area contributed by atoms with Crippen LogP contribution in [-0.2, 0) is 26.2 Å². The summed E-state index contributed by atoms with van der Waals surface area (Å²) in [6.45, 7) is 0.802. The van der Waals surface area contributed by atoms with E-state index in [-0.39, 0.29) is 18.5 Å². The Balaban J connectivity index is 1.26. The summed E-state index contributed by atoms with van der Waals surface area (Å²) < 4.78 is 33.8. The van der Waals surface area contributed by atoms with Crippen molar-refractivity contribution in [1.82, 2.24) is 14.1 Å². The highest BCUT2D eigenvalue weighted by Gasteiger charge is 2.30. The molecule has 1 fully saturated rings. The summed E-state index contributed by atoms with van der Waals surface area (Å²) >= 11 is 0. The van der Waals surface area contributed by atoms with Gasteiger partial charge in [0.15, 0.2) is 0 Å². The van der Waals surface area contributed by atoms with Gasteiger partial charge in [-0.3, -0.25) is 4.79 Å². The maximum Gasteiger partial charge on any atom is 0.309 e. The fraction of sp³-hybridized carbons (Fsp3) is 0.250. The number of nitrogens with zero attached hydrogens (tertiary/aromatic N) is 3. The van der Waals surface area contributed by atoms with E-state index in [1.165, 1.54) is 9.71 Å². The lowest BCUT2D eigenvalue weighted by molar-refractivity contribution is -0.151. The molecule has 0 aliphatic carbocycles. The van der Waals surface area contributed by atoms with Crippen molar-refractivity contribution in [2.75, 3.05) is 13.1 Å². The first kappa shape index (κ1) is 22.0. The Bertz CT molecular complexity index is 1150. The summed E-state index contributed by atoms with van der Waals surface area (Å²) in [7, 11) is -3.52. The van der Waals surface area contributed by atoms with Gasteiger partial charge in [-0.2, -0.15) is 9.40 Å². The second-order valence-electron chi connectivity index (χ2n) is 7.66. The van der Waals surface area contributed by atoms with Crippen molar-refractivity contribution in [2.24, 2.45) is 5.92 Å². The molecule has 1 aromatic heterocycles. The number of hydrogen-bond acceptors (Lipinski definition) is 5. The molecule has 7 nitrogen and oxygen atoms in total. The van der Waals surface area contributed by atoms with Gasteiger partial charge in [0.2, 0.25) is 10.0 Å². The van der Waals surface area contributed by atoms with Crippen molar-refractivity contribution in [1.29, 1.82) is 0 Å². The minimum absolute atomic E-state index is 0.191. The predicted molar refractivity (Wildman–Crippen MR) is 122 cm³/mol. The Morgan fingerprint density at radius 1 is 1.03 bits per heavy atom. The molecular weight excluding hydrogens is 426 g/mol. The van der Waals surface area contributed by atoms with Crippen molar-refractivity contribution in [2.45, 2.75) is 19.4 Å². The summed E-state index contributed by atoms with van der Waals surface area (Å²) in [5.74, 6) is -0.569. The number of rotatable bonds is 7. The minimum Gasteiger partial charge on any atom is -0.461 e. The molecule has 2 heterocycles. The fourth-order valence-electron chi connectivity index (χ4n) is 3.60. The van der Waals surface area contributed by atoms with Gasteiger partial charge >= 0.3 is 5.97 Å². The van der Waals surface area contributed by atoms with Crippen LogP contribution in [0.5, 0.6) is 0 Å². The minimum atomic E-state index is -3.52. The number of esters is 1. The Kier molecular flexibility index (Phi) is 6.82. The molecule has 3 aromatic rings. The SMILES string of the molecule is O=C(OCc1ccc(-n2cccn2)cc1)C1CCN(S(=O)(=O)/C=C/c2ccccc2)CC1. The Morgan fingerprint density at radius 3 is 2.41 bits per heavy atom. The van der Waals surface area contributed by atoms with E-state index in [2.05, 4.69) is 5.10 Å². The molecule has 0 unspecified atom stereocenters. The number of aromatic nitrogens is 2. The number of carbonyl (C=O) groups excluding carboxylic acids is 1. The molecule has 2 aromatic carbocycles. The molecule has 0 radical (unpaired) electrons. The van der Waals surface area contributed by atoms with E-state index in [0.717, 1.165) is 16.8 Å². The maximum absolute atomic E-state index is 12.6. The van der Waals surface area contributed by atoms with Gasteiger partial charge in [0.1, 0.15) is 6.61 Å². The maximum atomic E-state index is 12.6. The Hall–Kier alpha value is -3.23. The van der Waals surface area contributed by atoms with E-state index in [1.807, 2.05) is 66.9 Å². The third-order valence-corrected chi connectivity index (χ3v) is 7.03. The molecule has 0 bridgehead atoms. The number of piperidine rings is 1. The Morgan fingerprint density at radius 2 is 1.75 bits per heavy atom. The van der Waals surface area contributed by atoms with Gasteiger partial charge in [-0.15, -0.1) is 0 Å². The normalized spacial score (nSPS) is 15.8. The van der Waals surface area contributed by atoms with Crippen LogP contribution in [-0.4, -0.2) is 41.6 Å². The lowest BCUT2D eigenvalue weighted by Gasteiger charge is -2.29. The quantitative estimate of drug-likeness (QED) is 0.513. The summed E-state index contributed by atoms with van der Waals surface area (Å²) in [5, 5.41) is 5.41. The van der Waals surface area contributed by atoms with E-state index in [0.29, 0.717) is 25.9 Å². The van der Waals surface area contributed by atoms with E-state index < -0.39 is 10.0 Å². The van der Waals surface area contributed by atoms with E-state index in [9.17, 15) is 13.2 Å². The molecule has 32 heavy (non-hydrogen) atoms. The van der Waals surface area contributed by atoms with E-state index in [4.69, 9.17) is 4.74 Å². The van der Waals surface area contributed by atoms with Crippen LogP contribution in [0.1, 0.15) is 24.0 Å². The van der Waals surface area contributed by atoms with Gasteiger partial charge in [0.05, 0.1) is 11.6 Å². The van der Waals surface area contributed by atoms with Gasteiger partial charge in [-0.25, -0.2) is 13.1 Å². The van der Waals surface area contributed by atoms with Crippen molar-refractivity contribution in [3.05, 3.63) is 89.6 Å². The predicted octanol–water partition coefficient (Wildman–Crippen LogP) is 3.63. The van der Waals surface area contributed by atoms with Crippen LogP contribution in [0.4, 0.5) is 0 Å². The summed E-state index contributed by atoms with van der Waals surface area (Å²) in [6, 6.07) is 18.8. The molecule has 0 atom stereocenters. The first-order chi connectivity index (χ1) is 15.5. The first-order valence-electron chi connectivity index (χ1n) is 10.5. The smallest absolute Gasteiger partial charge is 0.309 e. The van der Waals surface area contributed by atoms with Gasteiger partial charge in [-0.05, 0) is 48.2 Å². The highest BCUT2D eigenvalue weighted by atomic mass is 32.2. The second-order valence-corrected chi connectivity index (χ2v) is 9.47. The van der Waals surface area contributed by atoms with Gasteiger partial charge in [0, 0.05) is 30.9 Å². The molecule has 1 saturated heterocycles. The first-order valence-corrected chi connectivity index (χ1v) is 12.0. The highest BCUT2D eigenvalue weighted by molar-refractivity contribution is 7.92. The zero-order valence-corrected chi connectivity index (χ0v) is 18.4. The molecule has 1 aliphatic rings. The summed E-state index contributed by atoms with van der Waals surface area (Å²) in [4.78, 5) is 12.5. The van der Waals surface area contributed by atoms with Crippen molar-refractivity contribution in [3.8, 4) is 5.69 Å². The van der Waals surface area contributed by atoms with Crippen molar-refractivity contribution < 1.29 is 17.9 Å². The molecule has 0 saturated carbocycles. The zero-order valence-electron chi connectivity index (χ0n) is 17.6. The molecule has 0 N–H and O–H groups in total. The molecule has 166 valence electrons. The zero-order chi connectivity index (χ0) is 22.4. The third-order valence-electron chi connectivity index (χ3n) is 5.47. The van der Waals surface area contributed by atoms with Gasteiger partial charge < -0.3 is 4.74 Å². The summed E-state index contributed by atoms with van der Waals surface area (Å²) in [5.41, 5.74) is 2.65. The van der Waals surface area contributed by atoms with Crippen LogP contribution in [0.25, 0.3) is 11.8 Å². The molecule has 8 heteroatoms. The lowest BCUT2D eigenvalue weighted by atomic mass is 9.98. The van der Waals surface area contributed by atoms with E-state index in [1.54, 1.807) is 17.0 Å². The van der Waals surface area contributed by atoms with Gasteiger partial charge in [-0.1, -0.05) is 42.5 Å². The van der Waals surface area contributed by atoms with Crippen molar-refractivity contribution >= 4 is 22.1 Å². The summed E-state index contributed by atoms with van der Waals surface area (Å²) in [6.07, 6.45) is 6.07. The topological polar surface area (TPSA) is 81.5 Å². The lowest BCUT2D eigenvalue weighted by Crippen LogP contribution is -2.39. The van der Waals surface area contributed by atoms with Crippen LogP contribution in [0.15, 0.2) is 78.5 Å². The number of hydrogen-bond donors (Lipinski definition) is 0. The Labute approximate surface area is 188 Å². The van der Waals surface area contributed by atoms with Crippen LogP contribution in [0.2, 0.25) is 0 Å². The van der Waals surface area contributed by atoms with Crippen LogP contribution < -0.4 is 0 Å². The van der Waals surface area contributed by atoms with E-state index >= 15 is 0 Å². The van der Waals surface area contributed by atoms with Crippen LogP contribution in [0, 0.1) is 5.92 Å². The van der Waals surface area contributed by atoms with Crippen LogP contribution >= 0.6 is 0 Å². The second kappa shape index (κ2) is 9.93. The number of carbonyl (C=O) groups is 1. The van der Waals surface area contributed by atoms with Gasteiger partial charge in [0.25, 0.3) is 0 Å². The highest BCUT2D eigenvalue weighted by Crippen LogP contribution is 2.22. The number of ether oxygens (including phenoxy) is 1. The standard InChI is InChI=1S/C24H25N3O4S/c28-24(31-19-21-7-9-23(10-8-21)27-15-4-14-25-27)22-11-16-26(17-12-22)32(29,30)18-13-20-5-2-1-3-6-20/h1-10,13-15,18,22H,11-12,16-17,19H2/b18-13+. The molecule has 0 spiro atoms. The fourth-order valence-corrected chi connectivity index (χ4v) is 4.82. The average molecular weight is 452 g/mol. The largest absolute Gasteiger partial charge is 0.461 e. The third kappa shape index (κ3) is 5.52. The molecule has 1 aliphatic heterocycles. The number of sulfonamides is 1. The van der Waals surface area contributed by atoms with Crippen molar-refractivity contribution in [3.63, 3.8) is 0 Å². The average Bonchev–Trinajstić information content (AvgIpc) is 3.37. The number of benzene rings is 2. The molecular formula is C24H25N3O4S. The monoisotopic (exact) mass is 451 g/mol. The molecule has 0 amide bonds. The van der Waals surface area contributed by atoms with Crippen LogP contribution in [0.3, 0.4) is 0 Å².